The Bertz CT molecular complexity index is 562. The summed E-state index contributed by atoms with van der Waals surface area (Å²) in [4.78, 5) is 26.8. The summed E-state index contributed by atoms with van der Waals surface area (Å²) < 4.78 is 0. The van der Waals surface area contributed by atoms with Crippen LogP contribution in [-0.2, 0) is 4.79 Å². The van der Waals surface area contributed by atoms with Gasteiger partial charge in [-0.3, -0.25) is 4.79 Å². The highest BCUT2D eigenvalue weighted by Gasteiger charge is 2.24. The molecule has 0 saturated carbocycles. The Labute approximate surface area is 129 Å². The zero-order valence-corrected chi connectivity index (χ0v) is 13.3. The van der Waals surface area contributed by atoms with Crippen LogP contribution in [0, 0.1) is 6.92 Å². The zero-order valence-electron chi connectivity index (χ0n) is 12.5. The lowest BCUT2D eigenvalue weighted by Crippen LogP contribution is -2.37. The maximum atomic E-state index is 12.7. The normalized spacial score (nSPS) is 19.7. The average Bonchev–Trinajstić information content (AvgIpc) is 2.66. The fraction of sp³-hybridized carbons (Fsp3) is 0.500. The number of thiophene rings is 1. The van der Waals surface area contributed by atoms with E-state index < -0.39 is 5.97 Å². The van der Waals surface area contributed by atoms with E-state index in [2.05, 4.69) is 6.92 Å². The minimum absolute atomic E-state index is 0.0764. The summed E-state index contributed by atoms with van der Waals surface area (Å²) in [5.41, 5.74) is 0.948. The number of nitrogens with zero attached hydrogens (tertiary/aromatic N) is 1. The topological polar surface area (TPSA) is 57.6 Å². The van der Waals surface area contributed by atoms with Gasteiger partial charge in [0.2, 0.25) is 0 Å². The molecule has 1 saturated heterocycles. The van der Waals surface area contributed by atoms with Crippen LogP contribution in [0.1, 0.15) is 52.7 Å². The van der Waals surface area contributed by atoms with E-state index in [-0.39, 0.29) is 11.9 Å². The Morgan fingerprint density at radius 1 is 1.38 bits per heavy atom. The molecule has 0 bridgehead atoms. The number of amides is 1. The highest BCUT2D eigenvalue weighted by Crippen LogP contribution is 2.27. The predicted octanol–water partition coefficient (Wildman–Crippen LogP) is 3.56. The van der Waals surface area contributed by atoms with Gasteiger partial charge in [0.05, 0.1) is 4.88 Å². The molecule has 1 unspecified atom stereocenters. The number of aryl methyl sites for hydroxylation is 1. The Morgan fingerprint density at radius 3 is 2.86 bits per heavy atom. The molecule has 0 aromatic carbocycles. The van der Waals surface area contributed by atoms with Crippen molar-refractivity contribution in [1.29, 1.82) is 0 Å². The van der Waals surface area contributed by atoms with Crippen LogP contribution in [0.15, 0.2) is 12.1 Å². The van der Waals surface area contributed by atoms with Gasteiger partial charge in [0.15, 0.2) is 0 Å². The Morgan fingerprint density at radius 2 is 2.14 bits per heavy atom. The third-order valence-electron chi connectivity index (χ3n) is 3.86. The van der Waals surface area contributed by atoms with E-state index in [1.54, 1.807) is 6.08 Å². The van der Waals surface area contributed by atoms with E-state index in [4.69, 9.17) is 5.11 Å². The second kappa shape index (κ2) is 6.89. The summed E-state index contributed by atoms with van der Waals surface area (Å²) in [6, 6.07) is 2.15. The molecule has 114 valence electrons. The second-order valence-electron chi connectivity index (χ2n) is 5.53. The van der Waals surface area contributed by atoms with Crippen LogP contribution in [0.5, 0.6) is 0 Å². The van der Waals surface area contributed by atoms with Crippen molar-refractivity contribution in [2.75, 3.05) is 6.54 Å². The molecule has 2 rings (SSSR count). The summed E-state index contributed by atoms with van der Waals surface area (Å²) in [7, 11) is 0. The van der Waals surface area contributed by atoms with Gasteiger partial charge in [-0.2, -0.15) is 0 Å². The lowest BCUT2D eigenvalue weighted by Gasteiger charge is -2.26. The molecule has 1 fully saturated rings. The van der Waals surface area contributed by atoms with Crippen LogP contribution in [-0.4, -0.2) is 34.5 Å². The van der Waals surface area contributed by atoms with Crippen molar-refractivity contribution in [2.45, 2.75) is 45.6 Å². The van der Waals surface area contributed by atoms with Gasteiger partial charge in [-0.1, -0.05) is 12.8 Å². The smallest absolute Gasteiger partial charge is 0.328 e. The van der Waals surface area contributed by atoms with Crippen LogP contribution in [0.25, 0.3) is 6.08 Å². The van der Waals surface area contributed by atoms with Gasteiger partial charge < -0.3 is 10.0 Å². The SMILES string of the molecule is Cc1cc(C(=O)N2CCCCCC2C)sc1/C=C/C(=O)O. The van der Waals surface area contributed by atoms with E-state index in [1.807, 2.05) is 17.9 Å². The van der Waals surface area contributed by atoms with E-state index >= 15 is 0 Å². The number of carboxylic acids is 1. The lowest BCUT2D eigenvalue weighted by molar-refractivity contribution is -0.131. The first kappa shape index (κ1) is 15.8. The molecule has 1 aliphatic rings. The summed E-state index contributed by atoms with van der Waals surface area (Å²) in [5, 5.41) is 8.69. The van der Waals surface area contributed by atoms with Crippen molar-refractivity contribution in [3.63, 3.8) is 0 Å². The predicted molar refractivity (Wildman–Crippen MR) is 84.7 cm³/mol. The Balaban J connectivity index is 2.19. The summed E-state index contributed by atoms with van der Waals surface area (Å²) >= 11 is 1.37. The number of carbonyl (C=O) groups is 2. The number of rotatable bonds is 3. The summed E-state index contributed by atoms with van der Waals surface area (Å²) in [6.07, 6.45) is 7.16. The monoisotopic (exact) mass is 307 g/mol. The van der Waals surface area contributed by atoms with Crippen LogP contribution >= 0.6 is 11.3 Å². The first-order valence-electron chi connectivity index (χ1n) is 7.31. The van der Waals surface area contributed by atoms with Crippen LogP contribution in [0.3, 0.4) is 0 Å². The highest BCUT2D eigenvalue weighted by molar-refractivity contribution is 7.15. The quantitative estimate of drug-likeness (QED) is 0.869. The van der Waals surface area contributed by atoms with Gasteiger partial charge in [-0.15, -0.1) is 11.3 Å². The largest absolute Gasteiger partial charge is 0.478 e. The molecular formula is C16H21NO3S. The van der Waals surface area contributed by atoms with Crippen LogP contribution in [0.4, 0.5) is 0 Å². The summed E-state index contributed by atoms with van der Waals surface area (Å²) in [6.45, 7) is 4.83. The fourth-order valence-electron chi connectivity index (χ4n) is 2.63. The lowest BCUT2D eigenvalue weighted by atomic mass is 10.1. The number of aliphatic carboxylic acids is 1. The highest BCUT2D eigenvalue weighted by atomic mass is 32.1. The molecule has 0 aliphatic carbocycles. The van der Waals surface area contributed by atoms with E-state index in [1.165, 1.54) is 24.2 Å². The van der Waals surface area contributed by atoms with Crippen molar-refractivity contribution in [2.24, 2.45) is 0 Å². The van der Waals surface area contributed by atoms with Gasteiger partial charge in [-0.25, -0.2) is 4.79 Å². The first-order chi connectivity index (χ1) is 9.99. The minimum Gasteiger partial charge on any atom is -0.478 e. The molecule has 0 spiro atoms. The first-order valence-corrected chi connectivity index (χ1v) is 8.13. The molecular weight excluding hydrogens is 286 g/mol. The zero-order chi connectivity index (χ0) is 15.4. The van der Waals surface area contributed by atoms with Gasteiger partial charge in [0.1, 0.15) is 0 Å². The van der Waals surface area contributed by atoms with Crippen molar-refractivity contribution >= 4 is 29.3 Å². The number of carbonyl (C=O) groups excluding carboxylic acids is 1. The Kier molecular flexibility index (Phi) is 5.17. The van der Waals surface area contributed by atoms with Crippen molar-refractivity contribution < 1.29 is 14.7 Å². The number of carboxylic acid groups (broad SMARTS) is 1. The maximum absolute atomic E-state index is 12.7. The molecule has 1 atom stereocenters. The summed E-state index contributed by atoms with van der Waals surface area (Å²) in [5.74, 6) is -0.899. The molecule has 1 aromatic rings. The third-order valence-corrected chi connectivity index (χ3v) is 5.05. The molecule has 0 radical (unpaired) electrons. The average molecular weight is 307 g/mol. The van der Waals surface area contributed by atoms with Crippen molar-refractivity contribution in [3.8, 4) is 0 Å². The van der Waals surface area contributed by atoms with Crippen LogP contribution < -0.4 is 0 Å². The van der Waals surface area contributed by atoms with Gasteiger partial charge in [0, 0.05) is 23.5 Å². The second-order valence-corrected chi connectivity index (χ2v) is 6.61. The van der Waals surface area contributed by atoms with Gasteiger partial charge in [-0.05, 0) is 44.4 Å². The molecule has 1 N–H and O–H groups in total. The standard InChI is InChI=1S/C16H21NO3S/c1-11-10-14(21-13(11)7-8-15(18)19)16(20)17-9-5-3-4-6-12(17)2/h7-8,10,12H,3-6,9H2,1-2H3,(H,18,19)/b8-7+. The van der Waals surface area contributed by atoms with Crippen molar-refractivity contribution in [3.05, 3.63) is 27.5 Å². The van der Waals surface area contributed by atoms with Gasteiger partial charge in [0.25, 0.3) is 5.91 Å². The number of likely N-dealkylation sites (tertiary alicyclic amines) is 1. The fourth-order valence-corrected chi connectivity index (χ4v) is 3.67. The molecule has 1 aliphatic heterocycles. The molecule has 21 heavy (non-hydrogen) atoms. The number of hydrogen-bond acceptors (Lipinski definition) is 3. The van der Waals surface area contributed by atoms with Crippen LogP contribution in [0.2, 0.25) is 0 Å². The molecule has 5 heteroatoms. The Hall–Kier alpha value is -1.62. The molecule has 4 nitrogen and oxygen atoms in total. The number of hydrogen-bond donors (Lipinski definition) is 1. The van der Waals surface area contributed by atoms with E-state index in [0.717, 1.165) is 35.9 Å². The van der Waals surface area contributed by atoms with Crippen molar-refractivity contribution in [1.82, 2.24) is 4.90 Å². The minimum atomic E-state index is -0.975. The molecule has 2 heterocycles. The third kappa shape index (κ3) is 3.94. The molecule has 1 aromatic heterocycles. The molecule has 1 amide bonds. The van der Waals surface area contributed by atoms with E-state index in [0.29, 0.717) is 4.88 Å². The van der Waals surface area contributed by atoms with Gasteiger partial charge >= 0.3 is 5.97 Å². The van der Waals surface area contributed by atoms with E-state index in [9.17, 15) is 9.59 Å². The maximum Gasteiger partial charge on any atom is 0.328 e.